The largest absolute Gasteiger partial charge is 0.322 e. The zero-order valence-corrected chi connectivity index (χ0v) is 15.0. The van der Waals surface area contributed by atoms with Gasteiger partial charge in [0.15, 0.2) is 0 Å². The van der Waals surface area contributed by atoms with Crippen LogP contribution in [0.1, 0.15) is 18.4 Å². The topological polar surface area (TPSA) is 92.6 Å². The highest BCUT2D eigenvalue weighted by Gasteiger charge is 2.21. The van der Waals surface area contributed by atoms with E-state index >= 15 is 0 Å². The summed E-state index contributed by atoms with van der Waals surface area (Å²) in [6.45, 7) is 0.726. The van der Waals surface area contributed by atoms with Crippen molar-refractivity contribution >= 4 is 46.6 Å². The molecule has 0 unspecified atom stereocenters. The number of hydrogen-bond donors (Lipinski definition) is 1. The van der Waals surface area contributed by atoms with E-state index < -0.39 is 10.8 Å². The third-order valence-corrected chi connectivity index (χ3v) is 4.44. The Bertz CT molecular complexity index is 925. The molecule has 7 nitrogen and oxygen atoms in total. The Labute approximate surface area is 160 Å². The van der Waals surface area contributed by atoms with Crippen LogP contribution in [-0.4, -0.2) is 23.3 Å². The van der Waals surface area contributed by atoms with Gasteiger partial charge in [-0.2, -0.15) is 0 Å². The van der Waals surface area contributed by atoms with Gasteiger partial charge in [0, 0.05) is 36.5 Å². The molecular weight excluding hydrogens is 370 g/mol. The number of carbonyl (C=O) groups excluding carboxylic acids is 2. The Morgan fingerprint density at radius 3 is 2.59 bits per heavy atom. The summed E-state index contributed by atoms with van der Waals surface area (Å²) in [5.41, 5.74) is 1.64. The molecular formula is C19H16ClN3O4. The summed E-state index contributed by atoms with van der Waals surface area (Å²) in [4.78, 5) is 35.8. The number of hydrogen-bond acceptors (Lipinski definition) is 4. The summed E-state index contributed by atoms with van der Waals surface area (Å²) in [5.74, 6) is -0.305. The van der Waals surface area contributed by atoms with Crippen molar-refractivity contribution < 1.29 is 14.5 Å². The number of amides is 2. The van der Waals surface area contributed by atoms with Crippen LogP contribution in [0.3, 0.4) is 0 Å². The average Bonchev–Trinajstić information content (AvgIpc) is 3.08. The van der Waals surface area contributed by atoms with Gasteiger partial charge in [0.1, 0.15) is 5.02 Å². The zero-order valence-electron chi connectivity index (χ0n) is 14.2. The lowest BCUT2D eigenvalue weighted by atomic mass is 10.2. The molecule has 3 rings (SSSR count). The molecule has 1 aliphatic heterocycles. The quantitative estimate of drug-likeness (QED) is 0.477. The van der Waals surface area contributed by atoms with Crippen LogP contribution in [0.25, 0.3) is 6.08 Å². The summed E-state index contributed by atoms with van der Waals surface area (Å²) in [7, 11) is 0. The minimum absolute atomic E-state index is 0.00474. The van der Waals surface area contributed by atoms with Crippen molar-refractivity contribution in [2.45, 2.75) is 12.8 Å². The van der Waals surface area contributed by atoms with Gasteiger partial charge >= 0.3 is 0 Å². The maximum absolute atomic E-state index is 12.0. The zero-order chi connectivity index (χ0) is 19.4. The molecule has 0 spiro atoms. The van der Waals surface area contributed by atoms with Gasteiger partial charge in [0.05, 0.1) is 4.92 Å². The van der Waals surface area contributed by atoms with Crippen molar-refractivity contribution in [3.63, 3.8) is 0 Å². The molecule has 8 heteroatoms. The van der Waals surface area contributed by atoms with Crippen LogP contribution in [-0.2, 0) is 9.59 Å². The molecule has 138 valence electrons. The normalized spacial score (nSPS) is 14.0. The van der Waals surface area contributed by atoms with E-state index in [-0.39, 0.29) is 22.3 Å². The molecule has 1 saturated heterocycles. The molecule has 2 aromatic carbocycles. The lowest BCUT2D eigenvalue weighted by Gasteiger charge is -2.15. The molecule has 1 heterocycles. The van der Waals surface area contributed by atoms with Crippen LogP contribution in [0.5, 0.6) is 0 Å². The summed E-state index contributed by atoms with van der Waals surface area (Å²) < 4.78 is 0. The first-order valence-corrected chi connectivity index (χ1v) is 8.65. The first-order chi connectivity index (χ1) is 12.9. The fourth-order valence-electron chi connectivity index (χ4n) is 2.77. The van der Waals surface area contributed by atoms with E-state index in [9.17, 15) is 19.7 Å². The summed E-state index contributed by atoms with van der Waals surface area (Å²) >= 11 is 5.74. The van der Waals surface area contributed by atoms with E-state index in [0.29, 0.717) is 6.42 Å². The fraction of sp³-hybridized carbons (Fsp3) is 0.158. The van der Waals surface area contributed by atoms with E-state index in [4.69, 9.17) is 11.6 Å². The number of rotatable bonds is 5. The maximum Gasteiger partial charge on any atom is 0.289 e. The summed E-state index contributed by atoms with van der Waals surface area (Å²) in [5, 5.41) is 13.4. The molecule has 0 bridgehead atoms. The van der Waals surface area contributed by atoms with Crippen molar-refractivity contribution in [3.8, 4) is 0 Å². The predicted octanol–water partition coefficient (Wildman–Crippen LogP) is 4.03. The molecule has 0 radical (unpaired) electrons. The first kappa shape index (κ1) is 18.6. The van der Waals surface area contributed by atoms with E-state index in [0.717, 1.165) is 24.2 Å². The van der Waals surface area contributed by atoms with Crippen molar-refractivity contribution in [1.29, 1.82) is 0 Å². The number of halogens is 1. The van der Waals surface area contributed by atoms with Gasteiger partial charge in [0.25, 0.3) is 5.69 Å². The van der Waals surface area contributed by atoms with E-state index in [1.54, 1.807) is 11.0 Å². The number of benzene rings is 2. The molecule has 0 atom stereocenters. The number of anilines is 2. The number of nitro benzene ring substituents is 1. The lowest BCUT2D eigenvalue weighted by molar-refractivity contribution is -0.384. The van der Waals surface area contributed by atoms with E-state index in [2.05, 4.69) is 5.32 Å². The number of carbonyl (C=O) groups is 2. The Morgan fingerprint density at radius 1 is 1.22 bits per heavy atom. The van der Waals surface area contributed by atoms with Gasteiger partial charge in [-0.15, -0.1) is 0 Å². The molecule has 27 heavy (non-hydrogen) atoms. The van der Waals surface area contributed by atoms with Gasteiger partial charge in [0.2, 0.25) is 11.8 Å². The second kappa shape index (κ2) is 8.01. The Hall–Kier alpha value is -3.19. The number of nitrogens with one attached hydrogen (secondary N) is 1. The molecule has 0 aromatic heterocycles. The van der Waals surface area contributed by atoms with Gasteiger partial charge in [-0.05, 0) is 42.3 Å². The predicted molar refractivity (Wildman–Crippen MR) is 104 cm³/mol. The van der Waals surface area contributed by atoms with Gasteiger partial charge in [-0.3, -0.25) is 19.7 Å². The highest BCUT2D eigenvalue weighted by atomic mass is 35.5. The molecule has 2 aromatic rings. The smallest absolute Gasteiger partial charge is 0.289 e. The van der Waals surface area contributed by atoms with Crippen LogP contribution in [0.2, 0.25) is 5.02 Å². The average molecular weight is 386 g/mol. The van der Waals surface area contributed by atoms with Gasteiger partial charge < -0.3 is 10.2 Å². The second-order valence-electron chi connectivity index (χ2n) is 5.99. The molecule has 1 N–H and O–H groups in total. The van der Waals surface area contributed by atoms with Crippen LogP contribution in [0.4, 0.5) is 17.1 Å². The van der Waals surface area contributed by atoms with E-state index in [1.165, 1.54) is 24.3 Å². The third kappa shape index (κ3) is 4.51. The minimum atomic E-state index is -0.611. The van der Waals surface area contributed by atoms with Crippen LogP contribution in [0, 0.1) is 10.1 Å². The SMILES string of the molecule is O=C(/C=C/c1ccc(N2CCCC2=O)cc1)Nc1ccc(Cl)c([N+](=O)[O-])c1. The van der Waals surface area contributed by atoms with Crippen LogP contribution >= 0.6 is 11.6 Å². The van der Waals surface area contributed by atoms with Crippen molar-refractivity contribution in [3.05, 3.63) is 69.2 Å². The lowest BCUT2D eigenvalue weighted by Crippen LogP contribution is -2.23. The van der Waals surface area contributed by atoms with Crippen molar-refractivity contribution in [2.24, 2.45) is 0 Å². The van der Waals surface area contributed by atoms with Gasteiger partial charge in [-0.25, -0.2) is 0 Å². The molecule has 1 aliphatic rings. The third-order valence-electron chi connectivity index (χ3n) is 4.12. The van der Waals surface area contributed by atoms with E-state index in [1.807, 2.05) is 24.3 Å². The summed E-state index contributed by atoms with van der Waals surface area (Å²) in [6.07, 6.45) is 4.39. The summed E-state index contributed by atoms with van der Waals surface area (Å²) in [6, 6.07) is 11.4. The molecule has 1 fully saturated rings. The number of nitrogens with zero attached hydrogens (tertiary/aromatic N) is 2. The molecule has 0 aliphatic carbocycles. The number of nitro groups is 1. The van der Waals surface area contributed by atoms with Crippen LogP contribution < -0.4 is 10.2 Å². The Kier molecular flexibility index (Phi) is 5.52. The Morgan fingerprint density at radius 2 is 1.96 bits per heavy atom. The monoisotopic (exact) mass is 385 g/mol. The first-order valence-electron chi connectivity index (χ1n) is 8.27. The molecule has 2 amide bonds. The second-order valence-corrected chi connectivity index (χ2v) is 6.39. The minimum Gasteiger partial charge on any atom is -0.322 e. The fourth-order valence-corrected chi connectivity index (χ4v) is 2.96. The Balaban J connectivity index is 1.64. The van der Waals surface area contributed by atoms with Crippen molar-refractivity contribution in [1.82, 2.24) is 0 Å². The van der Waals surface area contributed by atoms with Gasteiger partial charge in [-0.1, -0.05) is 23.7 Å². The highest BCUT2D eigenvalue weighted by Crippen LogP contribution is 2.27. The van der Waals surface area contributed by atoms with Crippen LogP contribution in [0.15, 0.2) is 48.5 Å². The highest BCUT2D eigenvalue weighted by molar-refractivity contribution is 6.32. The van der Waals surface area contributed by atoms with Crippen molar-refractivity contribution in [2.75, 3.05) is 16.8 Å². The standard InChI is InChI=1S/C19H16ClN3O4/c20-16-9-6-14(12-17(16)23(26)27)21-18(24)10-5-13-3-7-15(8-4-13)22-11-1-2-19(22)25/h3-10,12H,1-2,11H2,(H,21,24)/b10-5+. The molecule has 0 saturated carbocycles. The maximum atomic E-state index is 12.0.